The van der Waals surface area contributed by atoms with Crippen LogP contribution in [0, 0.1) is 0 Å². The lowest BCUT2D eigenvalue weighted by molar-refractivity contribution is 0.748. The van der Waals surface area contributed by atoms with E-state index in [9.17, 15) is 0 Å². The summed E-state index contributed by atoms with van der Waals surface area (Å²) in [6, 6.07) is 0. The van der Waals surface area contributed by atoms with E-state index >= 15 is 0 Å². The summed E-state index contributed by atoms with van der Waals surface area (Å²) in [5, 5.41) is 3.21. The number of nitrogens with two attached hydrogens (primary N) is 1. The number of aromatic nitrogens is 2. The van der Waals surface area contributed by atoms with Gasteiger partial charge in [0.15, 0.2) is 5.82 Å². The number of thioether (sulfide) groups is 1. The van der Waals surface area contributed by atoms with Crippen LogP contribution in [0.3, 0.4) is 0 Å². The lowest BCUT2D eigenvalue weighted by Gasteiger charge is -2.06. The highest BCUT2D eigenvalue weighted by Gasteiger charge is 1.97. The molecule has 0 unspecified atom stereocenters. The number of unbranched alkanes of at least 4 members (excludes halogenated alkanes) is 2. The molecule has 3 N–H and O–H groups in total. The van der Waals surface area contributed by atoms with Crippen LogP contribution in [0.25, 0.3) is 0 Å². The van der Waals surface area contributed by atoms with Crippen molar-refractivity contribution >= 4 is 23.3 Å². The van der Waals surface area contributed by atoms with Crippen molar-refractivity contribution in [1.29, 1.82) is 0 Å². The lowest BCUT2D eigenvalue weighted by Crippen LogP contribution is -2.06. The molecule has 0 radical (unpaired) electrons. The largest absolute Gasteiger partial charge is 0.394 e. The first-order valence-corrected chi connectivity index (χ1v) is 6.52. The Labute approximate surface area is 95.1 Å². The van der Waals surface area contributed by atoms with Crippen molar-refractivity contribution in [2.75, 3.05) is 29.6 Å². The van der Waals surface area contributed by atoms with Crippen molar-refractivity contribution in [2.24, 2.45) is 0 Å². The number of rotatable bonds is 7. The third kappa shape index (κ3) is 4.88. The molecular weight excluding hydrogens is 208 g/mol. The van der Waals surface area contributed by atoms with Gasteiger partial charge >= 0.3 is 0 Å². The molecular formula is C10H18N4S. The molecule has 1 aromatic heterocycles. The highest BCUT2D eigenvalue weighted by atomic mass is 32.2. The van der Waals surface area contributed by atoms with Gasteiger partial charge < -0.3 is 11.1 Å². The third-order valence-electron chi connectivity index (χ3n) is 2.06. The van der Waals surface area contributed by atoms with Gasteiger partial charge in [0.1, 0.15) is 6.33 Å². The van der Waals surface area contributed by atoms with Gasteiger partial charge in [0.2, 0.25) is 0 Å². The molecule has 0 aliphatic rings. The van der Waals surface area contributed by atoms with Crippen molar-refractivity contribution in [2.45, 2.75) is 19.3 Å². The van der Waals surface area contributed by atoms with Crippen LogP contribution in [0.4, 0.5) is 11.5 Å². The Morgan fingerprint density at radius 1 is 1.40 bits per heavy atom. The summed E-state index contributed by atoms with van der Waals surface area (Å²) in [5.41, 5.74) is 6.30. The molecule has 4 nitrogen and oxygen atoms in total. The fourth-order valence-corrected chi connectivity index (χ4v) is 1.74. The maximum atomic E-state index is 5.69. The van der Waals surface area contributed by atoms with E-state index < -0.39 is 0 Å². The number of anilines is 2. The van der Waals surface area contributed by atoms with E-state index in [1.165, 1.54) is 24.9 Å². The Morgan fingerprint density at radius 3 is 3.00 bits per heavy atom. The summed E-state index contributed by atoms with van der Waals surface area (Å²) in [6.45, 7) is 0.926. The molecule has 1 rings (SSSR count). The molecule has 0 bridgehead atoms. The van der Waals surface area contributed by atoms with Gasteiger partial charge in [-0.1, -0.05) is 6.42 Å². The van der Waals surface area contributed by atoms with E-state index in [1.807, 2.05) is 11.8 Å². The van der Waals surface area contributed by atoms with Crippen LogP contribution in [0.2, 0.25) is 0 Å². The fraction of sp³-hybridized carbons (Fsp3) is 0.600. The van der Waals surface area contributed by atoms with Crippen LogP contribution >= 0.6 is 11.8 Å². The molecule has 0 spiro atoms. The van der Waals surface area contributed by atoms with Gasteiger partial charge in [-0.25, -0.2) is 9.97 Å². The minimum atomic E-state index is 0.613. The van der Waals surface area contributed by atoms with Gasteiger partial charge in [-0.15, -0.1) is 0 Å². The first-order chi connectivity index (χ1) is 7.34. The molecule has 0 amide bonds. The lowest BCUT2D eigenvalue weighted by atomic mass is 10.2. The minimum absolute atomic E-state index is 0.613. The monoisotopic (exact) mass is 226 g/mol. The summed E-state index contributed by atoms with van der Waals surface area (Å²) in [5.74, 6) is 1.99. The molecule has 0 aliphatic carbocycles. The van der Waals surface area contributed by atoms with Gasteiger partial charge in [-0.3, -0.25) is 0 Å². The van der Waals surface area contributed by atoms with E-state index in [0.717, 1.165) is 18.8 Å². The average molecular weight is 226 g/mol. The quantitative estimate of drug-likeness (QED) is 0.696. The van der Waals surface area contributed by atoms with E-state index in [-0.39, 0.29) is 0 Å². The standard InChI is InChI=1S/C10H18N4S/c1-15-6-4-2-3-5-13-10-9(11)7-12-8-14-10/h7-8H,2-6,11H2,1H3,(H,12,13,14). The molecule has 1 heterocycles. The van der Waals surface area contributed by atoms with Crippen LogP contribution in [-0.4, -0.2) is 28.5 Å². The zero-order valence-corrected chi connectivity index (χ0v) is 9.89. The van der Waals surface area contributed by atoms with Crippen molar-refractivity contribution < 1.29 is 0 Å². The van der Waals surface area contributed by atoms with E-state index in [0.29, 0.717) is 5.69 Å². The van der Waals surface area contributed by atoms with Crippen molar-refractivity contribution in [1.82, 2.24) is 9.97 Å². The second kappa shape index (κ2) is 7.34. The summed E-state index contributed by atoms with van der Waals surface area (Å²) >= 11 is 1.90. The molecule has 0 fully saturated rings. The van der Waals surface area contributed by atoms with Crippen molar-refractivity contribution in [3.63, 3.8) is 0 Å². The zero-order valence-electron chi connectivity index (χ0n) is 9.07. The SMILES string of the molecule is CSCCCCCNc1ncncc1N. The second-order valence-corrected chi connectivity index (χ2v) is 4.29. The molecule has 0 atom stereocenters. The molecule has 0 saturated carbocycles. The number of nitrogens with zero attached hydrogens (tertiary/aromatic N) is 2. The maximum Gasteiger partial charge on any atom is 0.152 e. The normalized spacial score (nSPS) is 10.2. The molecule has 0 aromatic carbocycles. The highest BCUT2D eigenvalue weighted by Crippen LogP contribution is 2.11. The fourth-order valence-electron chi connectivity index (χ4n) is 1.24. The smallest absolute Gasteiger partial charge is 0.152 e. The summed E-state index contributed by atoms with van der Waals surface area (Å²) in [4.78, 5) is 7.90. The molecule has 15 heavy (non-hydrogen) atoms. The van der Waals surface area contributed by atoms with Gasteiger partial charge in [-0.05, 0) is 24.9 Å². The van der Waals surface area contributed by atoms with Crippen molar-refractivity contribution in [3.05, 3.63) is 12.5 Å². The number of hydrogen-bond acceptors (Lipinski definition) is 5. The van der Waals surface area contributed by atoms with Crippen LogP contribution in [0.5, 0.6) is 0 Å². The van der Waals surface area contributed by atoms with Crippen LogP contribution in [0.15, 0.2) is 12.5 Å². The Balaban J connectivity index is 2.12. The van der Waals surface area contributed by atoms with Gasteiger partial charge in [0.05, 0.1) is 11.9 Å². The molecule has 0 aliphatic heterocycles. The molecule has 1 aromatic rings. The molecule has 5 heteroatoms. The predicted octanol–water partition coefficient (Wildman–Crippen LogP) is 2.00. The third-order valence-corrected chi connectivity index (χ3v) is 2.76. The topological polar surface area (TPSA) is 63.8 Å². The first kappa shape index (κ1) is 12.1. The van der Waals surface area contributed by atoms with Gasteiger partial charge in [-0.2, -0.15) is 11.8 Å². The maximum absolute atomic E-state index is 5.69. The second-order valence-electron chi connectivity index (χ2n) is 3.31. The van der Waals surface area contributed by atoms with Gasteiger partial charge in [0.25, 0.3) is 0 Å². The molecule has 84 valence electrons. The van der Waals surface area contributed by atoms with E-state index in [2.05, 4.69) is 21.5 Å². The predicted molar refractivity (Wildman–Crippen MR) is 67.2 cm³/mol. The van der Waals surface area contributed by atoms with E-state index in [1.54, 1.807) is 6.20 Å². The summed E-state index contributed by atoms with van der Waals surface area (Å²) in [7, 11) is 0. The van der Waals surface area contributed by atoms with Crippen molar-refractivity contribution in [3.8, 4) is 0 Å². The van der Waals surface area contributed by atoms with Crippen LogP contribution in [-0.2, 0) is 0 Å². The zero-order chi connectivity index (χ0) is 10.9. The number of nitrogens with one attached hydrogen (secondary N) is 1. The van der Waals surface area contributed by atoms with E-state index in [4.69, 9.17) is 5.73 Å². The highest BCUT2D eigenvalue weighted by molar-refractivity contribution is 7.98. The number of hydrogen-bond donors (Lipinski definition) is 2. The van der Waals surface area contributed by atoms with Crippen LogP contribution in [0.1, 0.15) is 19.3 Å². The Kier molecular flexibility index (Phi) is 5.92. The molecule has 0 saturated heterocycles. The Morgan fingerprint density at radius 2 is 2.27 bits per heavy atom. The average Bonchev–Trinajstić information content (AvgIpc) is 2.25. The Bertz CT molecular complexity index is 280. The summed E-state index contributed by atoms with van der Waals surface area (Å²) < 4.78 is 0. The van der Waals surface area contributed by atoms with Gasteiger partial charge in [0, 0.05) is 6.54 Å². The van der Waals surface area contributed by atoms with Crippen LogP contribution < -0.4 is 11.1 Å². The first-order valence-electron chi connectivity index (χ1n) is 5.13. The summed E-state index contributed by atoms with van der Waals surface area (Å²) in [6.07, 6.45) is 8.94. The number of nitrogen functional groups attached to an aromatic ring is 1. The Hall–Kier alpha value is -0.970. The minimum Gasteiger partial charge on any atom is -0.394 e.